The number of rotatable bonds is 4. The van der Waals surface area contributed by atoms with E-state index >= 15 is 0 Å². The molecule has 0 aliphatic carbocycles. The van der Waals surface area contributed by atoms with Gasteiger partial charge in [0.25, 0.3) is 6.43 Å². The third-order valence-electron chi connectivity index (χ3n) is 2.41. The highest BCUT2D eigenvalue weighted by Gasteiger charge is 2.09. The summed E-state index contributed by atoms with van der Waals surface area (Å²) in [7, 11) is 0. The summed E-state index contributed by atoms with van der Waals surface area (Å²) in [6.45, 7) is 0.485. The monoisotopic (exact) mass is 238 g/mol. The van der Waals surface area contributed by atoms with Crippen molar-refractivity contribution in [2.75, 3.05) is 6.54 Å². The molecule has 90 valence electrons. The second-order valence-corrected chi connectivity index (χ2v) is 3.64. The standard InChI is InChI=1S/C12H12F2N2O/c13-12(14)9-3-1-8(2-4-9)11-7-10(5-6-15)17-16-11/h1-4,7,12H,5-6,15H2. The van der Waals surface area contributed by atoms with Crippen LogP contribution >= 0.6 is 0 Å². The molecule has 2 aromatic rings. The van der Waals surface area contributed by atoms with Gasteiger partial charge >= 0.3 is 0 Å². The fourth-order valence-electron chi connectivity index (χ4n) is 1.51. The van der Waals surface area contributed by atoms with Gasteiger partial charge in [-0.25, -0.2) is 8.78 Å². The van der Waals surface area contributed by atoms with E-state index in [1.54, 1.807) is 18.2 Å². The Morgan fingerprint density at radius 3 is 2.53 bits per heavy atom. The van der Waals surface area contributed by atoms with Crippen LogP contribution in [0.3, 0.4) is 0 Å². The number of hydrogen-bond acceptors (Lipinski definition) is 3. The van der Waals surface area contributed by atoms with Crippen LogP contribution in [0.1, 0.15) is 17.7 Å². The summed E-state index contributed by atoms with van der Waals surface area (Å²) in [6.07, 6.45) is -1.84. The van der Waals surface area contributed by atoms with E-state index in [4.69, 9.17) is 10.3 Å². The summed E-state index contributed by atoms with van der Waals surface area (Å²) < 4.78 is 29.8. The molecule has 0 spiro atoms. The van der Waals surface area contributed by atoms with Gasteiger partial charge in [0, 0.05) is 23.6 Å². The first-order valence-electron chi connectivity index (χ1n) is 5.25. The number of alkyl halides is 2. The molecule has 1 aromatic carbocycles. The topological polar surface area (TPSA) is 52.0 Å². The van der Waals surface area contributed by atoms with Crippen LogP contribution in [0.5, 0.6) is 0 Å². The fourth-order valence-corrected chi connectivity index (χ4v) is 1.51. The zero-order chi connectivity index (χ0) is 12.3. The lowest BCUT2D eigenvalue weighted by Gasteiger charge is -1.99. The molecular formula is C12H12F2N2O. The van der Waals surface area contributed by atoms with E-state index in [0.717, 1.165) is 5.56 Å². The van der Waals surface area contributed by atoms with Gasteiger partial charge in [0.1, 0.15) is 11.5 Å². The summed E-state index contributed by atoms with van der Waals surface area (Å²) in [4.78, 5) is 0. The van der Waals surface area contributed by atoms with E-state index in [-0.39, 0.29) is 5.56 Å². The van der Waals surface area contributed by atoms with Crippen molar-refractivity contribution in [2.45, 2.75) is 12.8 Å². The maximum absolute atomic E-state index is 12.4. The zero-order valence-electron chi connectivity index (χ0n) is 9.07. The number of aromatic nitrogens is 1. The van der Waals surface area contributed by atoms with Gasteiger partial charge in [-0.3, -0.25) is 0 Å². The molecule has 0 atom stereocenters. The van der Waals surface area contributed by atoms with Gasteiger partial charge in [-0.1, -0.05) is 29.4 Å². The van der Waals surface area contributed by atoms with E-state index in [9.17, 15) is 8.78 Å². The Morgan fingerprint density at radius 2 is 1.94 bits per heavy atom. The van der Waals surface area contributed by atoms with Crippen molar-refractivity contribution in [3.63, 3.8) is 0 Å². The smallest absolute Gasteiger partial charge is 0.263 e. The maximum atomic E-state index is 12.4. The highest BCUT2D eigenvalue weighted by atomic mass is 19.3. The van der Waals surface area contributed by atoms with Gasteiger partial charge < -0.3 is 10.3 Å². The molecule has 0 aliphatic rings. The minimum atomic E-state index is -2.45. The Hall–Kier alpha value is -1.75. The first-order valence-corrected chi connectivity index (χ1v) is 5.25. The Labute approximate surface area is 97.2 Å². The second-order valence-electron chi connectivity index (χ2n) is 3.64. The maximum Gasteiger partial charge on any atom is 0.263 e. The van der Waals surface area contributed by atoms with Crippen molar-refractivity contribution in [2.24, 2.45) is 5.73 Å². The summed E-state index contributed by atoms with van der Waals surface area (Å²) in [5, 5.41) is 3.86. The van der Waals surface area contributed by atoms with E-state index in [1.165, 1.54) is 12.1 Å². The largest absolute Gasteiger partial charge is 0.361 e. The lowest BCUT2D eigenvalue weighted by molar-refractivity contribution is 0.151. The Balaban J connectivity index is 2.21. The van der Waals surface area contributed by atoms with E-state index < -0.39 is 6.43 Å². The lowest BCUT2D eigenvalue weighted by Crippen LogP contribution is -2.01. The number of nitrogens with two attached hydrogens (primary N) is 1. The Bertz CT molecular complexity index is 480. The van der Waals surface area contributed by atoms with Crippen LogP contribution < -0.4 is 5.73 Å². The summed E-state index contributed by atoms with van der Waals surface area (Å²) in [5.41, 5.74) is 6.77. The molecule has 0 aliphatic heterocycles. The van der Waals surface area contributed by atoms with Crippen molar-refractivity contribution in [1.82, 2.24) is 5.16 Å². The second kappa shape index (κ2) is 5.05. The van der Waals surface area contributed by atoms with Gasteiger partial charge in [-0.05, 0) is 6.54 Å². The van der Waals surface area contributed by atoms with Gasteiger partial charge in [0.05, 0.1) is 0 Å². The van der Waals surface area contributed by atoms with Crippen LogP contribution in [0.4, 0.5) is 8.78 Å². The average Bonchev–Trinajstić information content (AvgIpc) is 2.78. The molecule has 2 rings (SSSR count). The normalized spacial score (nSPS) is 11.1. The third-order valence-corrected chi connectivity index (χ3v) is 2.41. The molecule has 17 heavy (non-hydrogen) atoms. The third kappa shape index (κ3) is 2.68. The quantitative estimate of drug-likeness (QED) is 0.891. The molecule has 0 fully saturated rings. The number of benzene rings is 1. The predicted octanol–water partition coefficient (Wildman–Crippen LogP) is 2.78. The first-order chi connectivity index (χ1) is 8.20. The molecule has 0 saturated heterocycles. The number of hydrogen-bond donors (Lipinski definition) is 1. The van der Waals surface area contributed by atoms with Crippen molar-refractivity contribution in [3.05, 3.63) is 41.7 Å². The lowest BCUT2D eigenvalue weighted by atomic mass is 10.1. The van der Waals surface area contributed by atoms with Crippen molar-refractivity contribution in [3.8, 4) is 11.3 Å². The molecule has 0 saturated carbocycles. The van der Waals surface area contributed by atoms with E-state index in [0.29, 0.717) is 24.4 Å². The van der Waals surface area contributed by atoms with Crippen molar-refractivity contribution in [1.29, 1.82) is 0 Å². The molecular weight excluding hydrogens is 226 g/mol. The molecule has 2 N–H and O–H groups in total. The molecule has 0 radical (unpaired) electrons. The van der Waals surface area contributed by atoms with Gasteiger partial charge in [-0.15, -0.1) is 0 Å². The molecule has 3 nitrogen and oxygen atoms in total. The average molecular weight is 238 g/mol. The molecule has 1 heterocycles. The molecule has 0 bridgehead atoms. The predicted molar refractivity (Wildman–Crippen MR) is 59.7 cm³/mol. The summed E-state index contributed by atoms with van der Waals surface area (Å²) in [6, 6.07) is 7.75. The summed E-state index contributed by atoms with van der Waals surface area (Å²) in [5.74, 6) is 0.695. The van der Waals surface area contributed by atoms with Crippen LogP contribution in [-0.2, 0) is 6.42 Å². The van der Waals surface area contributed by atoms with Crippen LogP contribution in [-0.4, -0.2) is 11.7 Å². The zero-order valence-corrected chi connectivity index (χ0v) is 9.07. The Kier molecular flexibility index (Phi) is 3.49. The van der Waals surface area contributed by atoms with Crippen LogP contribution in [0.15, 0.2) is 34.9 Å². The van der Waals surface area contributed by atoms with Crippen molar-refractivity contribution < 1.29 is 13.3 Å². The number of nitrogens with zero attached hydrogens (tertiary/aromatic N) is 1. The number of halogens is 2. The molecule has 5 heteroatoms. The van der Waals surface area contributed by atoms with Crippen LogP contribution in [0, 0.1) is 0 Å². The SMILES string of the molecule is NCCc1cc(-c2ccc(C(F)F)cc2)no1. The highest BCUT2D eigenvalue weighted by molar-refractivity contribution is 5.59. The van der Waals surface area contributed by atoms with Crippen LogP contribution in [0.25, 0.3) is 11.3 Å². The van der Waals surface area contributed by atoms with Gasteiger partial charge in [-0.2, -0.15) is 0 Å². The Morgan fingerprint density at radius 1 is 1.24 bits per heavy atom. The van der Waals surface area contributed by atoms with Crippen molar-refractivity contribution >= 4 is 0 Å². The minimum absolute atomic E-state index is 0.000531. The van der Waals surface area contributed by atoms with Crippen LogP contribution in [0.2, 0.25) is 0 Å². The van der Waals surface area contributed by atoms with E-state index in [1.807, 2.05) is 0 Å². The van der Waals surface area contributed by atoms with E-state index in [2.05, 4.69) is 5.16 Å². The fraction of sp³-hybridized carbons (Fsp3) is 0.250. The minimum Gasteiger partial charge on any atom is -0.361 e. The molecule has 1 aromatic heterocycles. The highest BCUT2D eigenvalue weighted by Crippen LogP contribution is 2.24. The summed E-state index contributed by atoms with van der Waals surface area (Å²) >= 11 is 0. The first kappa shape index (κ1) is 11.7. The van der Waals surface area contributed by atoms with Gasteiger partial charge in [0.2, 0.25) is 0 Å². The van der Waals surface area contributed by atoms with Gasteiger partial charge in [0.15, 0.2) is 0 Å². The molecule has 0 unspecified atom stereocenters. The molecule has 0 amide bonds.